The van der Waals surface area contributed by atoms with Crippen molar-refractivity contribution in [3.8, 4) is 0 Å². The number of rotatable bonds is 3. The Labute approximate surface area is 116 Å². The summed E-state index contributed by atoms with van der Waals surface area (Å²) in [6.07, 6.45) is 4.16. The minimum atomic E-state index is 0.400. The standard InChI is InChI=1S/C12H19N3OS2/c1-9-14-15-11(18-9)17-7-10-6-12(8-16-10)2-4-13-5-3-12/h10,13H,2-8H2,1H3. The molecule has 2 fully saturated rings. The molecule has 1 unspecified atom stereocenters. The third-order valence-electron chi connectivity index (χ3n) is 3.85. The van der Waals surface area contributed by atoms with Gasteiger partial charge in [-0.15, -0.1) is 10.2 Å². The second-order valence-corrected chi connectivity index (χ2v) is 7.73. The summed E-state index contributed by atoms with van der Waals surface area (Å²) in [5.74, 6) is 1.02. The van der Waals surface area contributed by atoms with Gasteiger partial charge in [0, 0.05) is 5.75 Å². The first-order valence-corrected chi connectivity index (χ1v) is 8.31. The highest BCUT2D eigenvalue weighted by atomic mass is 32.2. The fourth-order valence-electron chi connectivity index (χ4n) is 2.81. The lowest BCUT2D eigenvalue weighted by Crippen LogP contribution is -2.37. The molecule has 0 radical (unpaired) electrons. The van der Waals surface area contributed by atoms with E-state index in [1.807, 2.05) is 6.92 Å². The van der Waals surface area contributed by atoms with E-state index in [-0.39, 0.29) is 0 Å². The van der Waals surface area contributed by atoms with Crippen LogP contribution in [0.15, 0.2) is 4.34 Å². The molecule has 18 heavy (non-hydrogen) atoms. The number of hydrogen-bond acceptors (Lipinski definition) is 6. The minimum absolute atomic E-state index is 0.400. The maximum Gasteiger partial charge on any atom is 0.174 e. The largest absolute Gasteiger partial charge is 0.377 e. The van der Waals surface area contributed by atoms with Gasteiger partial charge in [0.15, 0.2) is 4.34 Å². The summed E-state index contributed by atoms with van der Waals surface area (Å²) in [6.45, 7) is 5.25. The van der Waals surface area contributed by atoms with Gasteiger partial charge < -0.3 is 10.1 Å². The molecule has 4 nitrogen and oxygen atoms in total. The predicted octanol–water partition coefficient (Wildman–Crippen LogP) is 2.10. The van der Waals surface area contributed by atoms with E-state index in [0.717, 1.165) is 34.8 Å². The number of ether oxygens (including phenoxy) is 1. The normalized spacial score (nSPS) is 26.8. The Bertz CT molecular complexity index is 404. The van der Waals surface area contributed by atoms with Crippen LogP contribution in [0.3, 0.4) is 0 Å². The van der Waals surface area contributed by atoms with E-state index >= 15 is 0 Å². The molecule has 1 aromatic rings. The van der Waals surface area contributed by atoms with Crippen LogP contribution in [-0.2, 0) is 4.74 Å². The van der Waals surface area contributed by atoms with Gasteiger partial charge in [0.25, 0.3) is 0 Å². The van der Waals surface area contributed by atoms with Gasteiger partial charge in [-0.2, -0.15) is 0 Å². The molecule has 0 saturated carbocycles. The minimum Gasteiger partial charge on any atom is -0.377 e. The van der Waals surface area contributed by atoms with Crippen molar-refractivity contribution in [2.45, 2.75) is 36.6 Å². The van der Waals surface area contributed by atoms with Crippen molar-refractivity contribution in [1.82, 2.24) is 15.5 Å². The van der Waals surface area contributed by atoms with Gasteiger partial charge >= 0.3 is 0 Å². The molecule has 2 aliphatic rings. The quantitative estimate of drug-likeness (QED) is 0.862. The maximum absolute atomic E-state index is 5.98. The van der Waals surface area contributed by atoms with E-state index in [0.29, 0.717) is 11.5 Å². The molecular weight excluding hydrogens is 266 g/mol. The lowest BCUT2D eigenvalue weighted by atomic mass is 9.77. The summed E-state index contributed by atoms with van der Waals surface area (Å²) in [6, 6.07) is 0. The zero-order valence-electron chi connectivity index (χ0n) is 10.6. The average molecular weight is 285 g/mol. The van der Waals surface area contributed by atoms with Crippen LogP contribution < -0.4 is 5.32 Å². The van der Waals surface area contributed by atoms with Gasteiger partial charge in [-0.3, -0.25) is 0 Å². The number of thioether (sulfide) groups is 1. The molecule has 0 amide bonds. The van der Waals surface area contributed by atoms with Crippen LogP contribution in [0.5, 0.6) is 0 Å². The van der Waals surface area contributed by atoms with E-state index in [4.69, 9.17) is 4.74 Å². The van der Waals surface area contributed by atoms with Crippen molar-refractivity contribution < 1.29 is 4.74 Å². The Morgan fingerprint density at radius 2 is 2.28 bits per heavy atom. The first kappa shape index (κ1) is 12.8. The Hall–Kier alpha value is -0.170. The first-order chi connectivity index (χ1) is 8.76. The van der Waals surface area contributed by atoms with E-state index < -0.39 is 0 Å². The monoisotopic (exact) mass is 285 g/mol. The zero-order valence-corrected chi connectivity index (χ0v) is 12.3. The third kappa shape index (κ3) is 2.87. The topological polar surface area (TPSA) is 47.0 Å². The second kappa shape index (κ2) is 5.45. The van der Waals surface area contributed by atoms with Gasteiger partial charge in [0.05, 0.1) is 12.7 Å². The smallest absolute Gasteiger partial charge is 0.174 e. The van der Waals surface area contributed by atoms with Crippen molar-refractivity contribution in [3.63, 3.8) is 0 Å². The molecule has 0 aromatic carbocycles. The summed E-state index contributed by atoms with van der Waals surface area (Å²) in [7, 11) is 0. The van der Waals surface area contributed by atoms with E-state index in [1.165, 1.54) is 19.3 Å². The number of piperidine rings is 1. The van der Waals surface area contributed by atoms with Crippen molar-refractivity contribution in [1.29, 1.82) is 0 Å². The summed E-state index contributed by atoms with van der Waals surface area (Å²) in [5, 5.41) is 12.7. The van der Waals surface area contributed by atoms with E-state index in [2.05, 4.69) is 15.5 Å². The van der Waals surface area contributed by atoms with Crippen molar-refractivity contribution in [3.05, 3.63) is 5.01 Å². The van der Waals surface area contributed by atoms with Crippen LogP contribution in [0.2, 0.25) is 0 Å². The molecule has 1 aromatic heterocycles. The van der Waals surface area contributed by atoms with Gasteiger partial charge in [-0.05, 0) is 44.7 Å². The molecule has 3 heterocycles. The average Bonchev–Trinajstić information content (AvgIpc) is 2.96. The molecule has 0 aliphatic carbocycles. The summed E-state index contributed by atoms with van der Waals surface area (Å²) in [5.41, 5.74) is 0.466. The lowest BCUT2D eigenvalue weighted by Gasteiger charge is -2.32. The fourth-order valence-corrected chi connectivity index (χ4v) is 4.67. The second-order valence-electron chi connectivity index (χ2n) is 5.29. The molecule has 6 heteroatoms. The Kier molecular flexibility index (Phi) is 3.89. The Morgan fingerprint density at radius 3 is 3.00 bits per heavy atom. The molecule has 2 saturated heterocycles. The van der Waals surface area contributed by atoms with E-state index in [9.17, 15) is 0 Å². The van der Waals surface area contributed by atoms with Crippen LogP contribution >= 0.6 is 23.1 Å². The van der Waals surface area contributed by atoms with Gasteiger partial charge in [0.1, 0.15) is 5.01 Å². The van der Waals surface area contributed by atoms with Crippen molar-refractivity contribution in [2.75, 3.05) is 25.4 Å². The number of nitrogens with zero attached hydrogens (tertiary/aromatic N) is 2. The van der Waals surface area contributed by atoms with Gasteiger partial charge in [-0.1, -0.05) is 23.1 Å². The number of nitrogens with one attached hydrogen (secondary N) is 1. The Balaban J connectivity index is 1.50. The molecule has 100 valence electrons. The van der Waals surface area contributed by atoms with Crippen molar-refractivity contribution >= 4 is 23.1 Å². The highest BCUT2D eigenvalue weighted by Gasteiger charge is 2.40. The number of hydrogen-bond donors (Lipinski definition) is 1. The van der Waals surface area contributed by atoms with Gasteiger partial charge in [-0.25, -0.2) is 0 Å². The molecular formula is C12H19N3OS2. The lowest BCUT2D eigenvalue weighted by molar-refractivity contribution is 0.0972. The molecule has 3 rings (SSSR count). The number of aromatic nitrogens is 2. The summed E-state index contributed by atoms with van der Waals surface area (Å²) >= 11 is 3.46. The van der Waals surface area contributed by atoms with Crippen LogP contribution in [0.1, 0.15) is 24.3 Å². The first-order valence-electron chi connectivity index (χ1n) is 6.51. The highest BCUT2D eigenvalue weighted by molar-refractivity contribution is 8.01. The molecule has 2 aliphatic heterocycles. The molecule has 1 N–H and O–H groups in total. The SMILES string of the molecule is Cc1nnc(SCC2CC3(CCNCC3)CO2)s1. The van der Waals surface area contributed by atoms with Crippen LogP contribution in [0, 0.1) is 12.3 Å². The maximum atomic E-state index is 5.98. The molecule has 1 spiro atoms. The van der Waals surface area contributed by atoms with Crippen molar-refractivity contribution in [2.24, 2.45) is 5.41 Å². The highest BCUT2D eigenvalue weighted by Crippen LogP contribution is 2.41. The van der Waals surface area contributed by atoms with Crippen LogP contribution in [0.25, 0.3) is 0 Å². The van der Waals surface area contributed by atoms with Crippen LogP contribution in [-0.4, -0.2) is 41.8 Å². The molecule has 1 atom stereocenters. The molecule has 0 bridgehead atoms. The predicted molar refractivity (Wildman–Crippen MR) is 74.3 cm³/mol. The summed E-state index contributed by atoms with van der Waals surface area (Å²) < 4.78 is 7.05. The van der Waals surface area contributed by atoms with Gasteiger partial charge in [0.2, 0.25) is 0 Å². The number of aryl methyl sites for hydroxylation is 1. The zero-order chi connectivity index (χ0) is 12.4. The van der Waals surface area contributed by atoms with Crippen LogP contribution in [0.4, 0.5) is 0 Å². The third-order valence-corrected chi connectivity index (χ3v) is 5.95. The van der Waals surface area contributed by atoms with E-state index in [1.54, 1.807) is 23.1 Å². The fraction of sp³-hybridized carbons (Fsp3) is 0.833. The summed E-state index contributed by atoms with van der Waals surface area (Å²) in [4.78, 5) is 0. The Morgan fingerprint density at radius 1 is 1.44 bits per heavy atom.